The number of carboxylic acid groups (broad SMARTS) is 2. The zero-order chi connectivity index (χ0) is 15.7. The van der Waals surface area contributed by atoms with Crippen molar-refractivity contribution in [3.8, 4) is 0 Å². The highest BCUT2D eigenvalue weighted by Gasteiger charge is 1.99. The number of carboxylic acids is 2. The standard InChI is InChI=1S/C9H8O2.C7H5ClO2/c10-9(11)7-6-8-4-2-1-3-5-8;8-6-3-1-5(2-4-6)7(9)10/h1-7H,(H,10,11);1-4H,(H,9,10). The van der Waals surface area contributed by atoms with Gasteiger partial charge in [-0.1, -0.05) is 41.9 Å². The minimum atomic E-state index is -0.934. The fourth-order valence-electron chi connectivity index (χ4n) is 1.32. The summed E-state index contributed by atoms with van der Waals surface area (Å²) in [5, 5.41) is 17.3. The molecule has 21 heavy (non-hydrogen) atoms. The van der Waals surface area contributed by atoms with Gasteiger partial charge < -0.3 is 10.2 Å². The minimum absolute atomic E-state index is 0.254. The third-order valence-electron chi connectivity index (χ3n) is 2.31. The molecule has 5 heteroatoms. The SMILES string of the molecule is O=C(O)C=Cc1ccccc1.O=C(O)c1ccc(Cl)cc1. The molecule has 0 fully saturated rings. The maximum absolute atomic E-state index is 10.3. The van der Waals surface area contributed by atoms with Crippen molar-refractivity contribution >= 4 is 29.6 Å². The van der Waals surface area contributed by atoms with E-state index in [0.29, 0.717) is 5.02 Å². The molecule has 0 spiro atoms. The van der Waals surface area contributed by atoms with Crippen molar-refractivity contribution in [3.05, 3.63) is 76.8 Å². The van der Waals surface area contributed by atoms with Crippen molar-refractivity contribution in [1.82, 2.24) is 0 Å². The van der Waals surface area contributed by atoms with Gasteiger partial charge in [-0.15, -0.1) is 0 Å². The summed E-state index contributed by atoms with van der Waals surface area (Å²) in [6, 6.07) is 15.3. The molecule has 0 unspecified atom stereocenters. The van der Waals surface area contributed by atoms with Crippen molar-refractivity contribution in [2.24, 2.45) is 0 Å². The zero-order valence-corrected chi connectivity index (χ0v) is 11.7. The van der Waals surface area contributed by atoms with E-state index in [0.717, 1.165) is 11.6 Å². The van der Waals surface area contributed by atoms with Crippen LogP contribution < -0.4 is 0 Å². The van der Waals surface area contributed by atoms with Gasteiger partial charge >= 0.3 is 11.9 Å². The van der Waals surface area contributed by atoms with Gasteiger partial charge in [0.1, 0.15) is 0 Å². The van der Waals surface area contributed by atoms with Crippen LogP contribution in [-0.2, 0) is 4.79 Å². The fraction of sp³-hybridized carbons (Fsp3) is 0. The molecule has 0 bridgehead atoms. The first-order valence-corrected chi connectivity index (χ1v) is 6.32. The fourth-order valence-corrected chi connectivity index (χ4v) is 1.45. The Morgan fingerprint density at radius 2 is 1.48 bits per heavy atom. The molecule has 0 radical (unpaired) electrons. The quantitative estimate of drug-likeness (QED) is 0.845. The Balaban J connectivity index is 0.000000211. The number of benzene rings is 2. The van der Waals surface area contributed by atoms with E-state index in [1.807, 2.05) is 30.3 Å². The molecule has 0 aliphatic rings. The molecule has 0 saturated carbocycles. The lowest BCUT2D eigenvalue weighted by atomic mass is 10.2. The third-order valence-corrected chi connectivity index (χ3v) is 2.56. The first-order valence-electron chi connectivity index (χ1n) is 5.94. The Labute approximate surface area is 126 Å². The highest BCUT2D eigenvalue weighted by atomic mass is 35.5. The zero-order valence-electron chi connectivity index (χ0n) is 10.9. The van der Waals surface area contributed by atoms with Crippen molar-refractivity contribution in [2.75, 3.05) is 0 Å². The topological polar surface area (TPSA) is 74.6 Å². The highest BCUT2D eigenvalue weighted by molar-refractivity contribution is 6.30. The molecule has 0 heterocycles. The lowest BCUT2D eigenvalue weighted by Gasteiger charge is -1.91. The molecule has 0 amide bonds. The second-order valence-electron chi connectivity index (χ2n) is 3.89. The van der Waals surface area contributed by atoms with Gasteiger partial charge in [0.25, 0.3) is 0 Å². The van der Waals surface area contributed by atoms with E-state index in [9.17, 15) is 9.59 Å². The summed E-state index contributed by atoms with van der Waals surface area (Å²) in [7, 11) is 0. The van der Waals surface area contributed by atoms with E-state index in [4.69, 9.17) is 21.8 Å². The molecule has 0 aromatic heterocycles. The molecular formula is C16H13ClO4. The van der Waals surface area contributed by atoms with Crippen LogP contribution in [0.15, 0.2) is 60.7 Å². The summed E-state index contributed by atoms with van der Waals surface area (Å²) < 4.78 is 0. The Kier molecular flexibility index (Phi) is 6.71. The number of aliphatic carboxylic acids is 1. The summed E-state index contributed by atoms with van der Waals surface area (Å²) >= 11 is 5.52. The molecule has 4 nitrogen and oxygen atoms in total. The van der Waals surface area contributed by atoms with Gasteiger partial charge in [0.05, 0.1) is 5.56 Å². The third kappa shape index (κ3) is 6.94. The van der Waals surface area contributed by atoms with Crippen LogP contribution >= 0.6 is 11.6 Å². The van der Waals surface area contributed by atoms with E-state index >= 15 is 0 Å². The van der Waals surface area contributed by atoms with Crippen LogP contribution in [0, 0.1) is 0 Å². The van der Waals surface area contributed by atoms with E-state index in [-0.39, 0.29) is 5.56 Å². The number of carbonyl (C=O) groups is 2. The number of hydrogen-bond acceptors (Lipinski definition) is 2. The van der Waals surface area contributed by atoms with Gasteiger partial charge in [-0.25, -0.2) is 9.59 Å². The van der Waals surface area contributed by atoms with E-state index < -0.39 is 11.9 Å². The largest absolute Gasteiger partial charge is 0.478 e. The van der Waals surface area contributed by atoms with Crippen molar-refractivity contribution in [3.63, 3.8) is 0 Å². The van der Waals surface area contributed by atoms with Crippen LogP contribution in [0.5, 0.6) is 0 Å². The second-order valence-corrected chi connectivity index (χ2v) is 4.33. The average Bonchev–Trinajstić information content (AvgIpc) is 2.47. The van der Waals surface area contributed by atoms with Crippen LogP contribution in [0.2, 0.25) is 5.02 Å². The molecule has 2 aromatic carbocycles. The molecule has 0 aliphatic heterocycles. The molecular weight excluding hydrogens is 292 g/mol. The molecule has 2 N–H and O–H groups in total. The van der Waals surface area contributed by atoms with Gasteiger partial charge in [0.2, 0.25) is 0 Å². The maximum Gasteiger partial charge on any atom is 0.335 e. The number of hydrogen-bond donors (Lipinski definition) is 2. The van der Waals surface area contributed by atoms with Gasteiger partial charge in [-0.2, -0.15) is 0 Å². The average molecular weight is 305 g/mol. The van der Waals surface area contributed by atoms with Gasteiger partial charge in [-0.05, 0) is 35.9 Å². The smallest absolute Gasteiger partial charge is 0.335 e. The van der Waals surface area contributed by atoms with E-state index in [1.54, 1.807) is 18.2 Å². The Morgan fingerprint density at radius 1 is 0.905 bits per heavy atom. The monoisotopic (exact) mass is 304 g/mol. The highest BCUT2D eigenvalue weighted by Crippen LogP contribution is 2.08. The summed E-state index contributed by atoms with van der Waals surface area (Å²) in [4.78, 5) is 20.4. The van der Waals surface area contributed by atoms with Gasteiger partial charge in [0, 0.05) is 11.1 Å². The molecule has 0 saturated heterocycles. The lowest BCUT2D eigenvalue weighted by molar-refractivity contribution is -0.131. The van der Waals surface area contributed by atoms with Gasteiger partial charge in [-0.3, -0.25) is 0 Å². The predicted molar refractivity (Wildman–Crippen MR) is 81.5 cm³/mol. The molecule has 0 atom stereocenters. The molecule has 0 aliphatic carbocycles. The van der Waals surface area contributed by atoms with Crippen molar-refractivity contribution < 1.29 is 19.8 Å². The van der Waals surface area contributed by atoms with Crippen LogP contribution in [0.1, 0.15) is 15.9 Å². The van der Waals surface area contributed by atoms with Crippen LogP contribution in [0.25, 0.3) is 6.08 Å². The molecule has 2 aromatic rings. The van der Waals surface area contributed by atoms with Crippen LogP contribution in [0.3, 0.4) is 0 Å². The summed E-state index contributed by atoms with van der Waals surface area (Å²) in [5.41, 5.74) is 1.15. The summed E-state index contributed by atoms with van der Waals surface area (Å²) in [6.45, 7) is 0. The minimum Gasteiger partial charge on any atom is -0.478 e. The Hall–Kier alpha value is -2.59. The van der Waals surface area contributed by atoms with Crippen LogP contribution in [-0.4, -0.2) is 22.2 Å². The first kappa shape index (κ1) is 16.5. The first-order chi connectivity index (χ1) is 9.99. The maximum atomic E-state index is 10.3. The number of aromatic carboxylic acids is 1. The molecule has 2 rings (SSSR count). The van der Waals surface area contributed by atoms with Crippen molar-refractivity contribution in [2.45, 2.75) is 0 Å². The van der Waals surface area contributed by atoms with Crippen LogP contribution in [0.4, 0.5) is 0 Å². The van der Waals surface area contributed by atoms with E-state index in [2.05, 4.69) is 0 Å². The normalized spacial score (nSPS) is 9.76. The van der Waals surface area contributed by atoms with Crippen molar-refractivity contribution in [1.29, 1.82) is 0 Å². The molecule has 108 valence electrons. The lowest BCUT2D eigenvalue weighted by Crippen LogP contribution is -1.94. The summed E-state index contributed by atoms with van der Waals surface area (Å²) in [6.07, 6.45) is 2.68. The summed E-state index contributed by atoms with van der Waals surface area (Å²) in [5.74, 6) is -1.86. The second kappa shape index (κ2) is 8.55. The predicted octanol–water partition coefficient (Wildman–Crippen LogP) is 3.82. The Morgan fingerprint density at radius 3 is 1.95 bits per heavy atom. The Bertz CT molecular complexity index is 618. The van der Waals surface area contributed by atoms with Gasteiger partial charge in [0.15, 0.2) is 0 Å². The van der Waals surface area contributed by atoms with E-state index in [1.165, 1.54) is 12.1 Å². The number of halogens is 1. The number of rotatable bonds is 3.